The molecule has 18 heavy (non-hydrogen) atoms. The van der Waals surface area contributed by atoms with Crippen LogP contribution >= 0.6 is 11.6 Å². The number of carbonyl (C=O) groups excluding carboxylic acids is 1. The van der Waals surface area contributed by atoms with E-state index in [2.05, 4.69) is 0 Å². The van der Waals surface area contributed by atoms with Crippen LogP contribution in [0.1, 0.15) is 12.0 Å². The second-order valence-corrected chi connectivity index (χ2v) is 5.01. The molecule has 1 saturated heterocycles. The number of alkyl halides is 1. The Kier molecular flexibility index (Phi) is 3.87. The zero-order valence-corrected chi connectivity index (χ0v) is 10.5. The number of amides is 1. The highest BCUT2D eigenvalue weighted by molar-refractivity contribution is 6.22. The van der Waals surface area contributed by atoms with Crippen LogP contribution in [0.5, 0.6) is 0 Å². The summed E-state index contributed by atoms with van der Waals surface area (Å²) in [4.78, 5) is 24.4. The summed E-state index contributed by atoms with van der Waals surface area (Å²) in [5, 5.41) is 8.98. The molecule has 1 amide bonds. The lowest BCUT2D eigenvalue weighted by Crippen LogP contribution is -2.43. The van der Waals surface area contributed by atoms with Gasteiger partial charge in [0.2, 0.25) is 5.91 Å². The van der Waals surface area contributed by atoms with E-state index in [4.69, 9.17) is 11.6 Å². The van der Waals surface area contributed by atoms with Crippen LogP contribution in [0.2, 0.25) is 0 Å². The lowest BCUT2D eigenvalue weighted by Gasteiger charge is -2.24. The number of halogens is 1. The topological polar surface area (TPSA) is 57.6 Å². The van der Waals surface area contributed by atoms with E-state index in [1.807, 2.05) is 30.3 Å². The van der Waals surface area contributed by atoms with Gasteiger partial charge in [0.1, 0.15) is 6.04 Å². The number of rotatable bonds is 4. The smallest absolute Gasteiger partial charge is 0.326 e. The minimum absolute atomic E-state index is 0.182. The van der Waals surface area contributed by atoms with Crippen LogP contribution < -0.4 is 0 Å². The van der Waals surface area contributed by atoms with Crippen molar-refractivity contribution < 1.29 is 14.7 Å². The molecule has 0 saturated carbocycles. The van der Waals surface area contributed by atoms with Crippen LogP contribution in [0, 0.1) is 0 Å². The molecule has 1 N–H and O–H groups in total. The fourth-order valence-corrected chi connectivity index (χ4v) is 2.44. The van der Waals surface area contributed by atoms with Crippen LogP contribution in [0.25, 0.3) is 0 Å². The van der Waals surface area contributed by atoms with Crippen LogP contribution in [0.3, 0.4) is 0 Å². The number of hydrogen-bond donors (Lipinski definition) is 1. The van der Waals surface area contributed by atoms with Gasteiger partial charge in [-0.2, -0.15) is 0 Å². The first-order valence-electron chi connectivity index (χ1n) is 5.78. The van der Waals surface area contributed by atoms with Gasteiger partial charge in [-0.1, -0.05) is 30.3 Å². The Balaban J connectivity index is 2.14. The second-order valence-electron chi connectivity index (χ2n) is 4.39. The van der Waals surface area contributed by atoms with Gasteiger partial charge >= 0.3 is 5.97 Å². The van der Waals surface area contributed by atoms with Crippen molar-refractivity contribution in [2.24, 2.45) is 0 Å². The molecule has 5 heteroatoms. The van der Waals surface area contributed by atoms with Gasteiger partial charge in [0.25, 0.3) is 0 Å². The second kappa shape index (κ2) is 5.40. The molecule has 2 unspecified atom stereocenters. The third-order valence-corrected chi connectivity index (χ3v) is 3.34. The summed E-state index contributed by atoms with van der Waals surface area (Å²) in [5.74, 6) is -1.17. The van der Waals surface area contributed by atoms with Gasteiger partial charge < -0.3 is 10.0 Å². The monoisotopic (exact) mass is 267 g/mol. The molecule has 0 aromatic heterocycles. The van der Waals surface area contributed by atoms with E-state index >= 15 is 0 Å². The van der Waals surface area contributed by atoms with Gasteiger partial charge in [0, 0.05) is 19.4 Å². The lowest BCUT2D eigenvalue weighted by molar-refractivity contribution is -0.148. The first kappa shape index (κ1) is 12.9. The van der Waals surface area contributed by atoms with Gasteiger partial charge in [-0.05, 0) is 5.56 Å². The van der Waals surface area contributed by atoms with Gasteiger partial charge in [-0.25, -0.2) is 4.79 Å². The molecule has 0 aliphatic carbocycles. The molecule has 2 rings (SSSR count). The van der Waals surface area contributed by atoms with E-state index in [1.165, 1.54) is 4.90 Å². The quantitative estimate of drug-likeness (QED) is 0.842. The molecule has 0 radical (unpaired) electrons. The third kappa shape index (κ3) is 2.82. The molecule has 1 aromatic rings. The fraction of sp³-hybridized carbons (Fsp3) is 0.385. The molecular formula is C13H14ClNO3. The molecular weight excluding hydrogens is 254 g/mol. The van der Waals surface area contributed by atoms with Gasteiger partial charge in [-0.3, -0.25) is 4.79 Å². The Morgan fingerprint density at radius 2 is 2.11 bits per heavy atom. The zero-order chi connectivity index (χ0) is 13.1. The predicted molar refractivity (Wildman–Crippen MR) is 67.5 cm³/mol. The SMILES string of the molecule is O=C(O)C(Cc1ccccc1)N1CC(Cl)CC1=O. The molecule has 96 valence electrons. The van der Waals surface area contributed by atoms with E-state index in [0.29, 0.717) is 13.0 Å². The zero-order valence-electron chi connectivity index (χ0n) is 9.75. The Morgan fingerprint density at radius 1 is 1.44 bits per heavy atom. The number of carboxylic acid groups (broad SMARTS) is 1. The molecule has 2 atom stereocenters. The Bertz CT molecular complexity index is 449. The largest absolute Gasteiger partial charge is 0.480 e. The van der Waals surface area contributed by atoms with Crippen molar-refractivity contribution in [3.05, 3.63) is 35.9 Å². The minimum Gasteiger partial charge on any atom is -0.480 e. The van der Waals surface area contributed by atoms with E-state index in [-0.39, 0.29) is 17.7 Å². The maximum Gasteiger partial charge on any atom is 0.326 e. The van der Waals surface area contributed by atoms with Gasteiger partial charge in [0.15, 0.2) is 0 Å². The molecule has 1 fully saturated rings. The minimum atomic E-state index is -0.988. The Morgan fingerprint density at radius 3 is 2.61 bits per heavy atom. The molecule has 1 aromatic carbocycles. The number of likely N-dealkylation sites (tertiary alicyclic amines) is 1. The van der Waals surface area contributed by atoms with Crippen LogP contribution in [-0.2, 0) is 16.0 Å². The lowest BCUT2D eigenvalue weighted by atomic mass is 10.1. The number of aliphatic carboxylic acids is 1. The summed E-state index contributed by atoms with van der Waals surface area (Å²) in [6.07, 6.45) is 0.533. The molecule has 0 bridgehead atoms. The van der Waals surface area contributed by atoms with Crippen molar-refractivity contribution >= 4 is 23.5 Å². The molecule has 1 heterocycles. The van der Waals surface area contributed by atoms with Crippen LogP contribution in [0.4, 0.5) is 0 Å². The van der Waals surface area contributed by atoms with E-state index in [9.17, 15) is 14.7 Å². The van der Waals surface area contributed by atoms with Gasteiger partial charge in [0.05, 0.1) is 5.38 Å². The van der Waals surface area contributed by atoms with E-state index in [0.717, 1.165) is 5.56 Å². The van der Waals surface area contributed by atoms with Gasteiger partial charge in [-0.15, -0.1) is 11.6 Å². The Hall–Kier alpha value is -1.55. The Labute approximate surface area is 110 Å². The summed E-state index contributed by atoms with van der Waals surface area (Å²) >= 11 is 5.90. The highest BCUT2D eigenvalue weighted by Gasteiger charge is 2.36. The number of nitrogens with zero attached hydrogens (tertiary/aromatic N) is 1. The van der Waals surface area contributed by atoms with Crippen molar-refractivity contribution in [3.63, 3.8) is 0 Å². The number of carbonyl (C=O) groups is 2. The summed E-state index contributed by atoms with van der Waals surface area (Å²) in [7, 11) is 0. The average molecular weight is 268 g/mol. The van der Waals surface area contributed by atoms with Crippen molar-refractivity contribution in [3.8, 4) is 0 Å². The van der Waals surface area contributed by atoms with Crippen LogP contribution in [-0.4, -0.2) is 39.8 Å². The number of benzene rings is 1. The standard InChI is InChI=1S/C13H14ClNO3/c14-10-7-12(16)15(8-10)11(13(17)18)6-9-4-2-1-3-5-9/h1-5,10-11H,6-8H2,(H,17,18). The van der Waals surface area contributed by atoms with Crippen molar-refractivity contribution in [2.45, 2.75) is 24.3 Å². The third-order valence-electron chi connectivity index (χ3n) is 3.04. The number of hydrogen-bond acceptors (Lipinski definition) is 2. The average Bonchev–Trinajstić information content (AvgIpc) is 2.66. The summed E-state index contributed by atoms with van der Waals surface area (Å²) < 4.78 is 0. The van der Waals surface area contributed by atoms with Crippen molar-refractivity contribution in [1.82, 2.24) is 4.90 Å². The molecule has 1 aliphatic heterocycles. The summed E-state index contributed by atoms with van der Waals surface area (Å²) in [6, 6.07) is 8.45. The fourth-order valence-electron chi connectivity index (χ4n) is 2.16. The summed E-state index contributed by atoms with van der Waals surface area (Å²) in [6.45, 7) is 0.310. The first-order valence-corrected chi connectivity index (χ1v) is 6.22. The van der Waals surface area contributed by atoms with Crippen molar-refractivity contribution in [2.75, 3.05) is 6.54 Å². The molecule has 0 spiro atoms. The number of carboxylic acids is 1. The van der Waals surface area contributed by atoms with E-state index in [1.54, 1.807) is 0 Å². The maximum atomic E-state index is 11.7. The maximum absolute atomic E-state index is 11.7. The normalized spacial score (nSPS) is 21.1. The van der Waals surface area contributed by atoms with Crippen molar-refractivity contribution in [1.29, 1.82) is 0 Å². The highest BCUT2D eigenvalue weighted by atomic mass is 35.5. The summed E-state index contributed by atoms with van der Waals surface area (Å²) in [5.41, 5.74) is 0.899. The van der Waals surface area contributed by atoms with Crippen LogP contribution in [0.15, 0.2) is 30.3 Å². The highest BCUT2D eigenvalue weighted by Crippen LogP contribution is 2.21. The predicted octanol–water partition coefficient (Wildman–Crippen LogP) is 1.52. The molecule has 4 nitrogen and oxygen atoms in total. The first-order chi connectivity index (χ1) is 8.58. The van der Waals surface area contributed by atoms with E-state index < -0.39 is 12.0 Å². The molecule has 1 aliphatic rings.